The quantitative estimate of drug-likeness (QED) is 0.0110. The molecule has 46 nitrogen and oxygen atoms in total. The summed E-state index contributed by atoms with van der Waals surface area (Å²) in [6.45, 7) is 0.470. The van der Waals surface area contributed by atoms with Crippen LogP contribution in [0, 0.1) is 5.92 Å². The Bertz CT molecular complexity index is 4250. The van der Waals surface area contributed by atoms with Gasteiger partial charge in [0.1, 0.15) is 72.6 Å². The number of cyclic esters (lactones) is 1. The number of aromatic amines is 1. The van der Waals surface area contributed by atoms with E-state index in [1.165, 1.54) is 24.3 Å². The number of unbranched alkanes of at least 4 members (excludes halogenated alkanes) is 6. The lowest BCUT2D eigenvalue weighted by molar-refractivity contribution is -0.156. The second-order valence-corrected chi connectivity index (χ2v) is 28.6. The van der Waals surface area contributed by atoms with Crippen LogP contribution in [0.3, 0.4) is 0 Å². The number of nitrogens with one attached hydrogen (secondary N) is 15. The number of carbonyl (C=O) groups is 21. The number of esters is 1. The zero-order valence-electron chi connectivity index (χ0n) is 66.9. The number of benzene rings is 2. The first kappa shape index (κ1) is 100. The summed E-state index contributed by atoms with van der Waals surface area (Å²) in [5.41, 5.74) is 23.5. The molecule has 4 rings (SSSR count). The van der Waals surface area contributed by atoms with Gasteiger partial charge in [-0.25, -0.2) is 4.79 Å². The van der Waals surface area contributed by atoms with Gasteiger partial charge in [0.25, 0.3) is 0 Å². The maximum atomic E-state index is 14.9. The topological polar surface area (TPSA) is 757 Å². The van der Waals surface area contributed by atoms with Gasteiger partial charge in [-0.3, -0.25) is 95.9 Å². The van der Waals surface area contributed by atoms with Crippen molar-refractivity contribution in [3.05, 3.63) is 65.9 Å². The molecular weight excluding hydrogens is 1600 g/mol. The predicted molar refractivity (Wildman–Crippen MR) is 421 cm³/mol. The Labute approximate surface area is 691 Å². The number of hydrogen-bond donors (Lipinski definition) is 24. The molecule has 0 saturated carbocycles. The molecule has 1 fully saturated rings. The Balaban J connectivity index is 1.92. The molecule has 1 aromatic heterocycles. The zero-order chi connectivity index (χ0) is 90.3. The SMILES string of the molecule is CCCCCCCCCC(=O)N[C@@H](Cc1c[nH]c2ccccc12)C(=O)N[C@@H](CC(N)=O)C(=O)N[C@@H](CC(=O)O)C(=O)NC1C(=O)NCC(=O)N[C@@H](CCCNC(=O)[C@@H](N)CN)C(=O)NC(CC(=O)O)C(=O)N[C@H](C)C(=O)N[C@@H](CC(=O)O)C(=O)NCC(=O)N[C@H](CO)C(=O)NC([C@H](C)CC(=O)O)C(=O)N[C@@H](CC(=O)c2ccccc2N)C(=O)OC1C. The number of H-pyrrole nitrogens is 1. The van der Waals surface area contributed by atoms with Gasteiger partial charge < -0.3 is 133 Å². The number of hydrogen-bond acceptors (Lipinski definition) is 26. The van der Waals surface area contributed by atoms with Gasteiger partial charge in [-0.15, -0.1) is 0 Å². The number of aromatic nitrogens is 1. The molecule has 15 amide bonds. The first-order valence-electron chi connectivity index (χ1n) is 38.7. The smallest absolute Gasteiger partial charge is 0.329 e. The summed E-state index contributed by atoms with van der Waals surface area (Å²) in [5.74, 6) is -31.1. The molecule has 121 heavy (non-hydrogen) atoms. The molecule has 0 spiro atoms. The standard InChI is InChI=1S/C75H107N19O27/c1-5-6-7-8-9-10-11-22-55(98)86-46(25-39-32-81-44-20-15-13-17-40(39)44)69(114)89-47(27-54(79)97)70(115)91-50(30-61(107)108)71(116)94-63-38(4)121-75(120)51(26-53(96)41-18-12-14-19-42(41)77)92-74(119)62(36(2)24-58(101)102)93-72(117)52(35-95)87-57(100)33-82-66(111)48(28-59(103)104)88-64(109)37(3)84-68(113)49(29-60(105)106)90-67(112)45(85-56(99)34-83-73(63)118)21-16-23-80-65(110)43(78)31-76/h12-15,17-20,32,36-38,43,45-52,62-63,81,95H,5-11,16,21-31,33-35,76-78H2,1-4H3,(H2,79,97)(H,80,110)(H,82,111)(H,83,118)(H,84,113)(H,85,99)(H,86,98)(H,87,100)(H,88,109)(H,89,114)(H,90,112)(H,91,115)(H,92,119)(H,93,117)(H,94,116)(H,101,102)(H,103,104)(H,105,106)(H,107,108)/t36-,37-,38?,43+,45+,46+,47+,48+,49?,50+,51+,52-,62?,63?/m1/s1. The molecule has 0 radical (unpaired) electrons. The van der Waals surface area contributed by atoms with Crippen molar-refractivity contribution in [1.82, 2.24) is 79.4 Å². The third-order valence-corrected chi connectivity index (χ3v) is 18.7. The number of ketones is 1. The average molecular weight is 1710 g/mol. The largest absolute Gasteiger partial charge is 0.481 e. The Morgan fingerprint density at radius 3 is 1.70 bits per heavy atom. The number of amides is 15. The van der Waals surface area contributed by atoms with Gasteiger partial charge in [0.15, 0.2) is 5.78 Å². The third kappa shape index (κ3) is 34.7. The number of carbonyl (C=O) groups excluding carboxylic acids is 17. The summed E-state index contributed by atoms with van der Waals surface area (Å²) in [4.78, 5) is 291. The summed E-state index contributed by atoms with van der Waals surface area (Å²) >= 11 is 0. The molecule has 28 N–H and O–H groups in total. The van der Waals surface area contributed by atoms with Crippen molar-refractivity contribution >= 4 is 141 Å². The lowest BCUT2D eigenvalue weighted by Gasteiger charge is -2.30. The molecule has 0 aliphatic carbocycles. The second-order valence-electron chi connectivity index (χ2n) is 28.6. The molecule has 1 aliphatic rings. The van der Waals surface area contributed by atoms with E-state index in [2.05, 4.69) is 70.4 Å². The van der Waals surface area contributed by atoms with E-state index in [4.69, 9.17) is 27.7 Å². The number of carboxylic acids is 4. The van der Waals surface area contributed by atoms with Crippen molar-refractivity contribution in [2.75, 3.05) is 38.5 Å². The summed E-state index contributed by atoms with van der Waals surface area (Å²) in [5, 5.41) is 81.2. The zero-order valence-corrected chi connectivity index (χ0v) is 66.9. The minimum absolute atomic E-state index is 0.0317. The Kier molecular flexibility index (Phi) is 41.8. The average Bonchev–Trinajstić information content (AvgIpc) is 1.72. The van der Waals surface area contributed by atoms with Crippen LogP contribution in [-0.2, 0) is 107 Å². The number of carboxylic acid groups (broad SMARTS) is 4. The number of aliphatic hydroxyl groups excluding tert-OH is 1. The maximum absolute atomic E-state index is 14.9. The molecule has 14 atom stereocenters. The first-order chi connectivity index (χ1) is 57.2. The van der Waals surface area contributed by atoms with Gasteiger partial charge in [-0.2, -0.15) is 0 Å². The highest BCUT2D eigenvalue weighted by Crippen LogP contribution is 2.22. The molecule has 3 aromatic rings. The highest BCUT2D eigenvalue weighted by Gasteiger charge is 2.41. The molecular formula is C75H107N19O27. The lowest BCUT2D eigenvalue weighted by atomic mass is 9.96. The van der Waals surface area contributed by atoms with E-state index in [9.17, 15) is 126 Å². The van der Waals surface area contributed by atoms with Crippen molar-refractivity contribution in [2.24, 2.45) is 23.1 Å². The van der Waals surface area contributed by atoms with E-state index < -0.39 is 273 Å². The monoisotopic (exact) mass is 1710 g/mol. The van der Waals surface area contributed by atoms with E-state index in [1.54, 1.807) is 30.5 Å². The van der Waals surface area contributed by atoms with Crippen LogP contribution in [0.1, 0.15) is 146 Å². The Hall–Kier alpha value is -13.3. The summed E-state index contributed by atoms with van der Waals surface area (Å²) < 4.78 is 5.70. The number of fused-ring (bicyclic) bond motifs is 1. The van der Waals surface area contributed by atoms with Crippen molar-refractivity contribution in [3.63, 3.8) is 0 Å². The van der Waals surface area contributed by atoms with Gasteiger partial charge in [-0.05, 0) is 62.8 Å². The number of Topliss-reactive ketones (excluding diaryl/α,β-unsaturated/α-hetero) is 1. The van der Waals surface area contributed by atoms with Crippen molar-refractivity contribution < 1.29 is 131 Å². The number of primary amides is 1. The lowest BCUT2D eigenvalue weighted by Crippen LogP contribution is -2.62. The fourth-order valence-electron chi connectivity index (χ4n) is 12.2. The van der Waals surface area contributed by atoms with Gasteiger partial charge in [0.05, 0.1) is 57.8 Å². The van der Waals surface area contributed by atoms with E-state index in [1.807, 2.05) is 16.0 Å². The number of aliphatic hydroxyl groups is 1. The van der Waals surface area contributed by atoms with Crippen LogP contribution in [-0.4, -0.2) is 266 Å². The normalized spacial score (nSPS) is 20.9. The van der Waals surface area contributed by atoms with Crippen LogP contribution in [0.4, 0.5) is 5.69 Å². The minimum Gasteiger partial charge on any atom is -0.481 e. The number of ether oxygens (including phenoxy) is 1. The number of aliphatic carboxylic acids is 4. The molecule has 2 heterocycles. The summed E-state index contributed by atoms with van der Waals surface area (Å²) in [7, 11) is 0. The highest BCUT2D eigenvalue weighted by molar-refractivity contribution is 6.05. The number of nitrogens with two attached hydrogens (primary N) is 4. The molecule has 1 saturated heterocycles. The van der Waals surface area contributed by atoms with Crippen molar-refractivity contribution in [2.45, 2.75) is 215 Å². The second kappa shape index (κ2) is 50.5. The van der Waals surface area contributed by atoms with Crippen LogP contribution < -0.4 is 97.4 Å². The van der Waals surface area contributed by atoms with Gasteiger partial charge in [-0.1, -0.05) is 82.7 Å². The fourth-order valence-corrected chi connectivity index (χ4v) is 12.2. The molecule has 664 valence electrons. The number of para-hydroxylation sites is 2. The van der Waals surface area contributed by atoms with Crippen LogP contribution in [0.15, 0.2) is 54.7 Å². The van der Waals surface area contributed by atoms with Crippen LogP contribution >= 0.6 is 0 Å². The minimum atomic E-state index is -2.50. The summed E-state index contributed by atoms with van der Waals surface area (Å²) in [6, 6.07) is -12.3. The van der Waals surface area contributed by atoms with Crippen LogP contribution in [0.2, 0.25) is 0 Å². The van der Waals surface area contributed by atoms with E-state index >= 15 is 0 Å². The van der Waals surface area contributed by atoms with Gasteiger partial charge >= 0.3 is 29.8 Å². The number of nitrogen functional groups attached to an aromatic ring is 1. The van der Waals surface area contributed by atoms with E-state index in [0.717, 1.165) is 52.9 Å². The van der Waals surface area contributed by atoms with Crippen LogP contribution in [0.5, 0.6) is 0 Å². The molecule has 0 bridgehead atoms. The molecule has 4 unspecified atom stereocenters. The van der Waals surface area contributed by atoms with Gasteiger partial charge in [0, 0.05) is 60.7 Å². The Morgan fingerprint density at radius 2 is 1.10 bits per heavy atom. The van der Waals surface area contributed by atoms with Crippen LogP contribution in [0.25, 0.3) is 10.9 Å². The number of rotatable bonds is 38. The maximum Gasteiger partial charge on any atom is 0.329 e. The molecule has 46 heteroatoms. The van der Waals surface area contributed by atoms with Crippen molar-refractivity contribution in [3.8, 4) is 0 Å². The van der Waals surface area contributed by atoms with E-state index in [0.29, 0.717) is 29.3 Å². The van der Waals surface area contributed by atoms with Crippen molar-refractivity contribution in [1.29, 1.82) is 0 Å². The highest BCUT2D eigenvalue weighted by atomic mass is 16.5. The Morgan fingerprint density at radius 1 is 0.554 bits per heavy atom. The van der Waals surface area contributed by atoms with E-state index in [-0.39, 0.29) is 43.6 Å². The molecule has 1 aliphatic heterocycles. The molecule has 2 aromatic carbocycles. The van der Waals surface area contributed by atoms with Gasteiger partial charge in [0.2, 0.25) is 88.6 Å². The third-order valence-electron chi connectivity index (χ3n) is 18.7. The first-order valence-corrected chi connectivity index (χ1v) is 38.7. The number of anilines is 1. The predicted octanol–water partition coefficient (Wildman–Crippen LogP) is -7.18. The fraction of sp³-hybridized carbons (Fsp3) is 0.533. The summed E-state index contributed by atoms with van der Waals surface area (Å²) in [6.07, 6.45) is -2.99.